The largest absolute Gasteiger partial charge is 0.465 e. The van der Waals surface area contributed by atoms with Gasteiger partial charge in [0.05, 0.1) is 12.1 Å². The third-order valence-corrected chi connectivity index (χ3v) is 6.05. The highest BCUT2D eigenvalue weighted by Gasteiger charge is 2.21. The second-order valence-electron chi connectivity index (χ2n) is 8.38. The summed E-state index contributed by atoms with van der Waals surface area (Å²) in [5, 5.41) is 15.5. The number of amides is 2. The van der Waals surface area contributed by atoms with Gasteiger partial charge in [0.15, 0.2) is 5.82 Å². The normalized spacial score (nSPS) is 13.5. The van der Waals surface area contributed by atoms with Gasteiger partial charge in [-0.1, -0.05) is 0 Å². The van der Waals surface area contributed by atoms with Crippen LogP contribution < -0.4 is 10.6 Å². The lowest BCUT2D eigenvalue weighted by molar-refractivity contribution is -0.128. The Kier molecular flexibility index (Phi) is 5.51. The second-order valence-corrected chi connectivity index (χ2v) is 8.38. The summed E-state index contributed by atoms with van der Waals surface area (Å²) in [6.45, 7) is 3.06. The fraction of sp³-hybridized carbons (Fsp3) is 0.208. The maximum Gasteiger partial charge on any atom is 0.409 e. The molecule has 0 saturated carbocycles. The van der Waals surface area contributed by atoms with Crippen LogP contribution in [-0.4, -0.2) is 55.1 Å². The predicted molar refractivity (Wildman–Crippen MR) is 128 cm³/mol. The van der Waals surface area contributed by atoms with Crippen LogP contribution in [0.4, 0.5) is 26.5 Å². The van der Waals surface area contributed by atoms with Crippen molar-refractivity contribution in [3.05, 3.63) is 60.2 Å². The minimum Gasteiger partial charge on any atom is -0.465 e. The fourth-order valence-electron chi connectivity index (χ4n) is 4.14. The highest BCUT2D eigenvalue weighted by Crippen LogP contribution is 2.36. The molecule has 3 aromatic heterocycles. The molecule has 1 aliphatic heterocycles. The Balaban J connectivity index is 1.56. The summed E-state index contributed by atoms with van der Waals surface area (Å²) >= 11 is 0. The Bertz CT molecular complexity index is 1480. The Morgan fingerprint density at radius 2 is 2.00 bits per heavy atom. The van der Waals surface area contributed by atoms with E-state index in [0.29, 0.717) is 46.9 Å². The average molecular weight is 475 g/mol. The van der Waals surface area contributed by atoms with Gasteiger partial charge in [-0.25, -0.2) is 19.2 Å². The number of carbonyl (C=O) groups excluding carboxylic acids is 1. The highest BCUT2D eigenvalue weighted by molar-refractivity contribution is 6.03. The zero-order valence-corrected chi connectivity index (χ0v) is 19.0. The van der Waals surface area contributed by atoms with E-state index in [-0.39, 0.29) is 23.6 Å². The molecule has 2 amide bonds. The van der Waals surface area contributed by atoms with Gasteiger partial charge in [-0.05, 0) is 36.1 Å². The molecule has 5 rings (SSSR count). The van der Waals surface area contributed by atoms with Crippen LogP contribution in [0, 0.1) is 12.7 Å². The highest BCUT2D eigenvalue weighted by atomic mass is 19.1. The third kappa shape index (κ3) is 4.23. The van der Waals surface area contributed by atoms with Gasteiger partial charge in [-0.3, -0.25) is 15.1 Å². The molecule has 0 fully saturated rings. The number of fused-ring (bicyclic) bond motifs is 2. The van der Waals surface area contributed by atoms with Crippen LogP contribution >= 0.6 is 0 Å². The third-order valence-electron chi connectivity index (χ3n) is 6.05. The molecular formula is C24H22FN7O3. The number of halogens is 1. The van der Waals surface area contributed by atoms with Gasteiger partial charge in [0, 0.05) is 61.4 Å². The first kappa shape index (κ1) is 22.3. The summed E-state index contributed by atoms with van der Waals surface area (Å²) in [5.41, 5.74) is 1.40. The number of anilines is 3. The van der Waals surface area contributed by atoms with Crippen molar-refractivity contribution in [2.24, 2.45) is 0 Å². The predicted octanol–water partition coefficient (Wildman–Crippen LogP) is 3.79. The summed E-state index contributed by atoms with van der Waals surface area (Å²) in [7, 11) is 1.77. The van der Waals surface area contributed by atoms with E-state index < -0.39 is 11.9 Å². The van der Waals surface area contributed by atoms with E-state index in [2.05, 4.69) is 25.6 Å². The van der Waals surface area contributed by atoms with E-state index in [1.807, 2.05) is 17.7 Å². The molecule has 178 valence electrons. The average Bonchev–Trinajstić information content (AvgIpc) is 3.14. The molecule has 0 unspecified atom stereocenters. The van der Waals surface area contributed by atoms with E-state index in [1.165, 1.54) is 6.20 Å². The summed E-state index contributed by atoms with van der Waals surface area (Å²) in [6, 6.07) is 5.10. The van der Waals surface area contributed by atoms with Crippen molar-refractivity contribution in [3.8, 4) is 11.1 Å². The smallest absolute Gasteiger partial charge is 0.409 e. The Labute approximate surface area is 199 Å². The van der Waals surface area contributed by atoms with E-state index >= 15 is 4.39 Å². The van der Waals surface area contributed by atoms with Crippen molar-refractivity contribution in [2.75, 3.05) is 24.2 Å². The Hall–Kier alpha value is -4.54. The first-order valence-electron chi connectivity index (χ1n) is 10.9. The fourth-order valence-corrected chi connectivity index (χ4v) is 4.14. The van der Waals surface area contributed by atoms with Crippen molar-refractivity contribution in [1.29, 1.82) is 0 Å². The van der Waals surface area contributed by atoms with E-state index in [0.717, 1.165) is 5.56 Å². The molecule has 0 radical (unpaired) electrons. The number of nitrogens with one attached hydrogen (secondary N) is 2. The molecular weight excluding hydrogens is 453 g/mol. The molecule has 0 bridgehead atoms. The lowest BCUT2D eigenvalue weighted by Gasteiger charge is -2.14. The minimum atomic E-state index is -1.38. The maximum atomic E-state index is 15.5. The molecule has 1 aliphatic rings. The molecule has 4 heterocycles. The van der Waals surface area contributed by atoms with Crippen LogP contribution in [0.3, 0.4) is 0 Å². The van der Waals surface area contributed by atoms with Gasteiger partial charge in [0.1, 0.15) is 17.5 Å². The summed E-state index contributed by atoms with van der Waals surface area (Å²) in [5.74, 6) is 0.927. The maximum absolute atomic E-state index is 15.5. The monoisotopic (exact) mass is 475 g/mol. The SMILES string of the molecule is Cc1ccncc1-c1cc2cc(Nc3cn4c(n3)CC(=O)N(C)CC4)ncc2c(NC(=O)O)c1F. The van der Waals surface area contributed by atoms with Crippen molar-refractivity contribution in [1.82, 2.24) is 24.4 Å². The number of rotatable bonds is 4. The molecule has 35 heavy (non-hydrogen) atoms. The lowest BCUT2D eigenvalue weighted by atomic mass is 9.98. The van der Waals surface area contributed by atoms with Crippen LogP contribution in [0.2, 0.25) is 0 Å². The number of aromatic nitrogens is 4. The van der Waals surface area contributed by atoms with Gasteiger partial charge in [0.2, 0.25) is 5.91 Å². The van der Waals surface area contributed by atoms with Gasteiger partial charge < -0.3 is 19.9 Å². The van der Waals surface area contributed by atoms with Gasteiger partial charge in [-0.2, -0.15) is 0 Å². The molecule has 11 heteroatoms. The van der Waals surface area contributed by atoms with Crippen LogP contribution in [0.5, 0.6) is 0 Å². The second kappa shape index (κ2) is 8.67. The standard InChI is InChI=1S/C24H22FN7O3/c1-13-3-4-26-10-16(13)15-7-14-8-18(27-11-17(14)23(22(15)25)30-24(34)35)28-19-12-32-6-5-31(2)21(33)9-20(32)29-19/h3-4,7-8,10-12,30H,5-6,9H2,1-2H3,(H,27,28)(H,34,35). The molecule has 0 atom stereocenters. The van der Waals surface area contributed by atoms with Crippen LogP contribution in [0.25, 0.3) is 21.9 Å². The molecule has 10 nitrogen and oxygen atoms in total. The summed E-state index contributed by atoms with van der Waals surface area (Å²) in [6.07, 6.45) is 5.21. The van der Waals surface area contributed by atoms with Gasteiger partial charge in [-0.15, -0.1) is 0 Å². The quantitative estimate of drug-likeness (QED) is 0.410. The van der Waals surface area contributed by atoms with Gasteiger partial charge in [0.25, 0.3) is 0 Å². The zero-order chi connectivity index (χ0) is 24.7. The summed E-state index contributed by atoms with van der Waals surface area (Å²) < 4.78 is 17.4. The molecule has 0 aliphatic carbocycles. The molecule has 0 spiro atoms. The van der Waals surface area contributed by atoms with E-state index in [1.54, 1.807) is 42.5 Å². The van der Waals surface area contributed by atoms with E-state index in [4.69, 9.17) is 0 Å². The molecule has 1 aromatic carbocycles. The summed E-state index contributed by atoms with van der Waals surface area (Å²) in [4.78, 5) is 38.2. The first-order chi connectivity index (χ1) is 16.8. The lowest BCUT2D eigenvalue weighted by Crippen LogP contribution is -2.28. The van der Waals surface area contributed by atoms with Gasteiger partial charge >= 0.3 is 6.09 Å². The molecule has 3 N–H and O–H groups in total. The van der Waals surface area contributed by atoms with Crippen molar-refractivity contribution in [2.45, 2.75) is 19.9 Å². The molecule has 4 aromatic rings. The number of carboxylic acid groups (broad SMARTS) is 1. The number of carbonyl (C=O) groups is 2. The molecule has 0 saturated heterocycles. The van der Waals surface area contributed by atoms with Crippen LogP contribution in [-0.2, 0) is 17.8 Å². The van der Waals surface area contributed by atoms with Crippen molar-refractivity contribution >= 4 is 40.1 Å². The first-order valence-corrected chi connectivity index (χ1v) is 10.9. The number of likely N-dealkylation sites (N-methyl/N-ethyl adjacent to an activating group) is 1. The number of benzene rings is 1. The zero-order valence-electron chi connectivity index (χ0n) is 19.0. The van der Waals surface area contributed by atoms with Crippen LogP contribution in [0.15, 0.2) is 43.0 Å². The van der Waals surface area contributed by atoms with Crippen molar-refractivity contribution in [3.63, 3.8) is 0 Å². The number of pyridine rings is 2. The van der Waals surface area contributed by atoms with E-state index in [9.17, 15) is 14.7 Å². The number of hydrogen-bond acceptors (Lipinski definition) is 6. The van der Waals surface area contributed by atoms with Crippen LogP contribution in [0.1, 0.15) is 11.4 Å². The number of nitrogens with zero attached hydrogens (tertiary/aromatic N) is 5. The number of hydrogen-bond donors (Lipinski definition) is 3. The topological polar surface area (TPSA) is 125 Å². The Morgan fingerprint density at radius 3 is 2.77 bits per heavy atom. The Morgan fingerprint density at radius 1 is 1.17 bits per heavy atom. The number of imidazole rings is 1. The number of aryl methyl sites for hydroxylation is 1. The van der Waals surface area contributed by atoms with Crippen molar-refractivity contribution < 1.29 is 19.1 Å². The minimum absolute atomic E-state index is 0.00319.